The average Bonchev–Trinajstić information content (AvgIpc) is 2.30. The van der Waals surface area contributed by atoms with Crippen LogP contribution in [0, 0.1) is 0 Å². The molecule has 0 aliphatic carbocycles. The molecule has 0 aromatic carbocycles. The third-order valence-electron chi connectivity index (χ3n) is 2.68. The lowest BCUT2D eigenvalue weighted by atomic mass is 9.97. The predicted octanol–water partition coefficient (Wildman–Crippen LogP) is 1.76. The van der Waals surface area contributed by atoms with Crippen LogP contribution in [0.25, 0.3) is 0 Å². The first-order valence-corrected chi connectivity index (χ1v) is 6.34. The number of allylic oxidation sites excluding steroid dienone is 4. The normalized spacial score (nSPS) is 27.2. The Morgan fingerprint density at radius 2 is 2.29 bits per heavy atom. The molecule has 0 bridgehead atoms. The molecule has 4 nitrogen and oxygen atoms in total. The van der Waals surface area contributed by atoms with Crippen molar-refractivity contribution in [2.24, 2.45) is 0 Å². The summed E-state index contributed by atoms with van der Waals surface area (Å²) >= 11 is -2.12. The SMILES string of the molecule is C=C/C=C1/C=C(CO)[C@@H](C)N(S(=O)O)/C1=C/C. The number of nitrogens with zero attached hydrogens (tertiary/aromatic N) is 1. The van der Waals surface area contributed by atoms with E-state index in [-0.39, 0.29) is 12.6 Å². The van der Waals surface area contributed by atoms with Crippen molar-refractivity contribution in [3.63, 3.8) is 0 Å². The Balaban J connectivity index is 3.35. The van der Waals surface area contributed by atoms with E-state index in [1.54, 1.807) is 32.1 Å². The third kappa shape index (κ3) is 2.74. The zero-order valence-corrected chi connectivity index (χ0v) is 10.8. The van der Waals surface area contributed by atoms with Crippen LogP contribution in [0.3, 0.4) is 0 Å². The molecule has 0 spiro atoms. The van der Waals surface area contributed by atoms with E-state index in [4.69, 9.17) is 0 Å². The zero-order valence-electron chi connectivity index (χ0n) is 9.96. The molecule has 0 aromatic rings. The van der Waals surface area contributed by atoms with Crippen LogP contribution >= 0.6 is 0 Å². The molecule has 5 heteroatoms. The molecule has 1 heterocycles. The van der Waals surface area contributed by atoms with E-state index in [0.29, 0.717) is 11.3 Å². The molecule has 1 rings (SSSR count). The fourth-order valence-electron chi connectivity index (χ4n) is 1.83. The van der Waals surface area contributed by atoms with E-state index in [1.165, 1.54) is 4.31 Å². The van der Waals surface area contributed by atoms with E-state index in [9.17, 15) is 13.9 Å². The lowest BCUT2D eigenvalue weighted by molar-refractivity contribution is 0.301. The number of aliphatic hydroxyl groups excluding tert-OH is 1. The van der Waals surface area contributed by atoms with Crippen LogP contribution in [-0.2, 0) is 11.3 Å². The molecule has 0 aromatic heterocycles. The Morgan fingerprint density at radius 1 is 1.65 bits per heavy atom. The van der Waals surface area contributed by atoms with Gasteiger partial charge in [-0.2, -0.15) is 0 Å². The van der Waals surface area contributed by atoms with Gasteiger partial charge in [0.15, 0.2) is 0 Å². The first-order chi connectivity index (χ1) is 8.06. The Labute approximate surface area is 104 Å². The van der Waals surface area contributed by atoms with Crippen molar-refractivity contribution in [3.05, 3.63) is 47.7 Å². The van der Waals surface area contributed by atoms with Crippen molar-refractivity contribution < 1.29 is 13.9 Å². The summed E-state index contributed by atoms with van der Waals surface area (Å²) in [4.78, 5) is 0. The number of aliphatic hydroxyl groups is 1. The summed E-state index contributed by atoms with van der Waals surface area (Å²) in [7, 11) is 0. The zero-order chi connectivity index (χ0) is 13.0. The van der Waals surface area contributed by atoms with Gasteiger partial charge in [-0.3, -0.25) is 8.86 Å². The summed E-state index contributed by atoms with van der Waals surface area (Å²) in [6.07, 6.45) is 6.95. The third-order valence-corrected chi connectivity index (χ3v) is 3.53. The second-order valence-corrected chi connectivity index (χ2v) is 4.50. The van der Waals surface area contributed by atoms with E-state index in [0.717, 1.165) is 5.57 Å². The van der Waals surface area contributed by atoms with Crippen molar-refractivity contribution in [1.82, 2.24) is 4.31 Å². The van der Waals surface area contributed by atoms with Gasteiger partial charge in [-0.15, -0.1) is 0 Å². The first-order valence-electron chi connectivity index (χ1n) is 5.27. The molecule has 1 aliphatic heterocycles. The summed E-state index contributed by atoms with van der Waals surface area (Å²) < 4.78 is 22.1. The Hall–Kier alpha value is -1.17. The molecule has 0 saturated carbocycles. The summed E-state index contributed by atoms with van der Waals surface area (Å²) in [5.74, 6) is 0. The molecule has 2 N–H and O–H groups in total. The lowest BCUT2D eigenvalue weighted by Gasteiger charge is -2.35. The van der Waals surface area contributed by atoms with Crippen LogP contribution in [-0.4, -0.2) is 30.8 Å². The maximum atomic E-state index is 11.4. The van der Waals surface area contributed by atoms with Gasteiger partial charge >= 0.3 is 0 Å². The predicted molar refractivity (Wildman–Crippen MR) is 69.3 cm³/mol. The van der Waals surface area contributed by atoms with Gasteiger partial charge in [0.2, 0.25) is 0 Å². The van der Waals surface area contributed by atoms with E-state index < -0.39 is 11.3 Å². The standard InChI is InChI=1S/C12H17NO3S/c1-4-6-10-7-11(8-14)9(3)13(17(15)16)12(10)5-2/h4-7,9,14H,1,8H2,2-3H3,(H,15,16)/b10-6-,12-5+/t9-/m1/s1. The van der Waals surface area contributed by atoms with Crippen molar-refractivity contribution in [2.45, 2.75) is 19.9 Å². The molecule has 0 fully saturated rings. The molecule has 2 atom stereocenters. The van der Waals surface area contributed by atoms with Crippen LogP contribution < -0.4 is 0 Å². The first kappa shape index (κ1) is 13.9. The maximum absolute atomic E-state index is 11.4. The van der Waals surface area contributed by atoms with E-state index in [2.05, 4.69) is 6.58 Å². The van der Waals surface area contributed by atoms with E-state index in [1.807, 2.05) is 6.08 Å². The minimum atomic E-state index is -2.12. The molecule has 0 saturated heterocycles. The monoisotopic (exact) mass is 255 g/mol. The largest absolute Gasteiger partial charge is 0.392 e. The van der Waals surface area contributed by atoms with Crippen molar-refractivity contribution in [3.8, 4) is 0 Å². The summed E-state index contributed by atoms with van der Waals surface area (Å²) in [6.45, 7) is 7.06. The molecule has 1 unspecified atom stereocenters. The van der Waals surface area contributed by atoms with Gasteiger partial charge in [0.05, 0.1) is 18.3 Å². The molecular formula is C12H17NO3S. The van der Waals surface area contributed by atoms with Crippen molar-refractivity contribution in [2.75, 3.05) is 6.61 Å². The van der Waals surface area contributed by atoms with Crippen LogP contribution in [0.15, 0.2) is 47.7 Å². The van der Waals surface area contributed by atoms with Gasteiger partial charge in [0.1, 0.15) is 0 Å². The highest BCUT2D eigenvalue weighted by molar-refractivity contribution is 7.76. The molecule has 17 heavy (non-hydrogen) atoms. The van der Waals surface area contributed by atoms with Gasteiger partial charge in [-0.05, 0) is 31.1 Å². The Morgan fingerprint density at radius 3 is 2.71 bits per heavy atom. The Bertz CT molecular complexity index is 423. The molecule has 0 radical (unpaired) electrons. The highest BCUT2D eigenvalue weighted by Gasteiger charge is 2.29. The molecule has 1 aliphatic rings. The summed E-state index contributed by atoms with van der Waals surface area (Å²) in [5.41, 5.74) is 2.13. The number of rotatable bonds is 3. The number of hydrogen-bond acceptors (Lipinski definition) is 2. The lowest BCUT2D eigenvalue weighted by Crippen LogP contribution is -2.39. The second kappa shape index (κ2) is 5.95. The average molecular weight is 255 g/mol. The van der Waals surface area contributed by atoms with Crippen LogP contribution in [0.2, 0.25) is 0 Å². The smallest absolute Gasteiger partial charge is 0.262 e. The van der Waals surface area contributed by atoms with Gasteiger partial charge in [-0.25, -0.2) is 4.21 Å². The van der Waals surface area contributed by atoms with Crippen molar-refractivity contribution in [1.29, 1.82) is 0 Å². The van der Waals surface area contributed by atoms with Gasteiger partial charge in [-0.1, -0.05) is 24.8 Å². The van der Waals surface area contributed by atoms with Crippen LogP contribution in [0.5, 0.6) is 0 Å². The topological polar surface area (TPSA) is 60.8 Å². The molecule has 0 amide bonds. The second-order valence-electron chi connectivity index (χ2n) is 3.64. The minimum Gasteiger partial charge on any atom is -0.392 e. The highest BCUT2D eigenvalue weighted by atomic mass is 32.2. The molecular weight excluding hydrogens is 238 g/mol. The summed E-state index contributed by atoms with van der Waals surface area (Å²) in [6, 6.07) is -0.306. The maximum Gasteiger partial charge on any atom is 0.262 e. The van der Waals surface area contributed by atoms with Crippen LogP contribution in [0.4, 0.5) is 0 Å². The van der Waals surface area contributed by atoms with Gasteiger partial charge < -0.3 is 5.11 Å². The van der Waals surface area contributed by atoms with Gasteiger partial charge in [0.25, 0.3) is 11.3 Å². The molecule has 94 valence electrons. The van der Waals surface area contributed by atoms with Crippen molar-refractivity contribution >= 4 is 11.3 Å². The number of hydrogen-bond donors (Lipinski definition) is 2. The van der Waals surface area contributed by atoms with Gasteiger partial charge in [0, 0.05) is 0 Å². The highest BCUT2D eigenvalue weighted by Crippen LogP contribution is 2.30. The van der Waals surface area contributed by atoms with Crippen LogP contribution in [0.1, 0.15) is 13.8 Å². The Kier molecular flexibility index (Phi) is 4.86. The summed E-state index contributed by atoms with van der Waals surface area (Å²) in [5, 5.41) is 9.26. The quantitative estimate of drug-likeness (QED) is 0.755. The fourth-order valence-corrected chi connectivity index (χ4v) is 2.62. The van der Waals surface area contributed by atoms with E-state index >= 15 is 0 Å². The minimum absolute atomic E-state index is 0.139. The fraction of sp³-hybridized carbons (Fsp3) is 0.333.